The molecule has 2 N–H and O–H groups in total. The second-order valence-corrected chi connectivity index (χ2v) is 6.28. The van der Waals surface area contributed by atoms with E-state index in [9.17, 15) is 4.79 Å². The third-order valence-electron chi connectivity index (χ3n) is 4.49. The van der Waals surface area contributed by atoms with Gasteiger partial charge in [-0.05, 0) is 35.6 Å². The van der Waals surface area contributed by atoms with E-state index in [-0.39, 0.29) is 19.4 Å². The molecule has 5 nitrogen and oxygen atoms in total. The van der Waals surface area contributed by atoms with Crippen LogP contribution in [0.4, 0.5) is 4.79 Å². The highest BCUT2D eigenvalue weighted by Gasteiger charge is 2.28. The van der Waals surface area contributed by atoms with Crippen LogP contribution in [-0.4, -0.2) is 43.7 Å². The van der Waals surface area contributed by atoms with Crippen molar-refractivity contribution in [1.82, 2.24) is 5.32 Å². The lowest BCUT2D eigenvalue weighted by Crippen LogP contribution is -2.28. The van der Waals surface area contributed by atoms with E-state index in [4.69, 9.17) is 16.0 Å². The van der Waals surface area contributed by atoms with E-state index in [1.807, 2.05) is 24.3 Å². The average Bonchev–Trinajstić information content (AvgIpc) is 3.03. The van der Waals surface area contributed by atoms with Gasteiger partial charge in [-0.3, -0.25) is 0 Å². The minimum absolute atomic E-state index is 0.0241. The number of hydrogen-bond donors (Lipinski definition) is 2. The first kappa shape index (κ1) is 17.1. The fourth-order valence-corrected chi connectivity index (χ4v) is 3.21. The lowest BCUT2D eigenvalue weighted by atomic mass is 9.98. The Kier molecular flexibility index (Phi) is 5.79. The van der Waals surface area contributed by atoms with E-state index in [0.717, 1.165) is 0 Å². The molecule has 0 bridgehead atoms. The van der Waals surface area contributed by atoms with E-state index in [0.29, 0.717) is 26.2 Å². The van der Waals surface area contributed by atoms with Crippen molar-refractivity contribution in [3.63, 3.8) is 0 Å². The van der Waals surface area contributed by atoms with Crippen molar-refractivity contribution >= 4 is 6.09 Å². The summed E-state index contributed by atoms with van der Waals surface area (Å²) in [6.45, 7) is 0.960. The number of carbonyl (C=O) groups is 1. The summed E-state index contributed by atoms with van der Waals surface area (Å²) in [5, 5.41) is 11.7. The maximum Gasteiger partial charge on any atom is 0.407 e. The van der Waals surface area contributed by atoms with Crippen LogP contribution < -0.4 is 5.32 Å². The smallest absolute Gasteiger partial charge is 0.407 e. The minimum atomic E-state index is -0.459. The Morgan fingerprint density at radius 3 is 2.46 bits per heavy atom. The second-order valence-electron chi connectivity index (χ2n) is 6.28. The molecule has 1 aliphatic carbocycles. The fraction of sp³-hybridized carbons (Fsp3) is 0.381. The number of alkyl carbamates (subject to hydrolysis) is 1. The number of aliphatic hydroxyl groups excluding tert-OH is 1. The highest BCUT2D eigenvalue weighted by Crippen LogP contribution is 2.44. The molecule has 2 aromatic carbocycles. The van der Waals surface area contributed by atoms with Crippen molar-refractivity contribution < 1.29 is 20.7 Å². The van der Waals surface area contributed by atoms with Gasteiger partial charge in [0.1, 0.15) is 6.61 Å². The number of nitrogens with one attached hydrogen (secondary N) is 1. The highest BCUT2D eigenvalue weighted by molar-refractivity contribution is 5.79. The van der Waals surface area contributed by atoms with Gasteiger partial charge in [0.15, 0.2) is 0 Å². The molecule has 1 amide bonds. The van der Waals surface area contributed by atoms with Gasteiger partial charge in [-0.15, -0.1) is 0 Å². The number of amides is 1. The second kappa shape index (κ2) is 8.83. The number of benzene rings is 2. The molecule has 5 heteroatoms. The molecular formula is C21H25NO4. The van der Waals surface area contributed by atoms with Gasteiger partial charge in [0.2, 0.25) is 0 Å². The largest absolute Gasteiger partial charge is 0.449 e. The van der Waals surface area contributed by atoms with Crippen LogP contribution >= 0.6 is 0 Å². The molecule has 0 heterocycles. The molecule has 138 valence electrons. The van der Waals surface area contributed by atoms with E-state index in [1.54, 1.807) is 0 Å². The van der Waals surface area contributed by atoms with Gasteiger partial charge in [-0.2, -0.15) is 0 Å². The van der Waals surface area contributed by atoms with Crippen LogP contribution in [0, 0.1) is 0 Å². The summed E-state index contributed by atoms with van der Waals surface area (Å²) >= 11 is 0. The standard InChI is InChI=1S/C21H25NO4/c1-15(13-23)25-12-6-11-22-21(24)26-14-20-18-9-4-2-7-16(18)17-8-3-5-10-19(17)20/h2-5,7-10,15,20,23H,6,11-14H2,1H3,(H,22,24)/t15-/m1/s1/i1D. The molecule has 3 rings (SSSR count). The molecule has 0 saturated carbocycles. The number of hydrogen-bond acceptors (Lipinski definition) is 4. The molecule has 0 fully saturated rings. The van der Waals surface area contributed by atoms with E-state index >= 15 is 0 Å². The summed E-state index contributed by atoms with van der Waals surface area (Å²) in [4.78, 5) is 12.0. The Hall–Kier alpha value is -2.37. The molecule has 1 aliphatic rings. The number of fused-ring (bicyclic) bond motifs is 3. The Morgan fingerprint density at radius 1 is 1.19 bits per heavy atom. The molecule has 0 aliphatic heterocycles. The van der Waals surface area contributed by atoms with Crippen LogP contribution in [0.3, 0.4) is 0 Å². The average molecular weight is 356 g/mol. The lowest BCUT2D eigenvalue weighted by Gasteiger charge is -2.15. The zero-order chi connectivity index (χ0) is 19.1. The van der Waals surface area contributed by atoms with Crippen molar-refractivity contribution in [3.05, 3.63) is 59.7 Å². The van der Waals surface area contributed by atoms with Crippen molar-refractivity contribution in [3.8, 4) is 11.1 Å². The van der Waals surface area contributed by atoms with Crippen LogP contribution in [-0.2, 0) is 9.47 Å². The molecule has 0 radical (unpaired) electrons. The molecule has 0 aromatic heterocycles. The first-order valence-electron chi connectivity index (χ1n) is 9.55. The van der Waals surface area contributed by atoms with Gasteiger partial charge in [0, 0.05) is 20.4 Å². The predicted molar refractivity (Wildman–Crippen MR) is 100 cm³/mol. The van der Waals surface area contributed by atoms with Crippen LogP contribution in [0.15, 0.2) is 48.5 Å². The number of aliphatic hydroxyl groups is 1. The Balaban J connectivity index is 1.47. The first-order valence-corrected chi connectivity index (χ1v) is 8.85. The Labute approximate surface area is 155 Å². The summed E-state index contributed by atoms with van der Waals surface area (Å²) in [6.07, 6.45) is -0.309. The Bertz CT molecular complexity index is 718. The summed E-state index contributed by atoms with van der Waals surface area (Å²) in [7, 11) is 0. The molecule has 2 aromatic rings. The van der Waals surface area contributed by atoms with Crippen LogP contribution in [0.5, 0.6) is 0 Å². The quantitative estimate of drug-likeness (QED) is 0.712. The van der Waals surface area contributed by atoms with E-state index < -0.39 is 12.2 Å². The van der Waals surface area contributed by atoms with Crippen molar-refractivity contribution in [2.24, 2.45) is 0 Å². The van der Waals surface area contributed by atoms with Gasteiger partial charge < -0.3 is 19.9 Å². The summed E-state index contributed by atoms with van der Waals surface area (Å²) in [5.41, 5.74) is 4.77. The van der Waals surface area contributed by atoms with E-state index in [1.165, 1.54) is 22.3 Å². The third kappa shape index (κ3) is 4.23. The number of ether oxygens (including phenoxy) is 2. The van der Waals surface area contributed by atoms with Gasteiger partial charge in [0.05, 0.1) is 12.7 Å². The van der Waals surface area contributed by atoms with Crippen molar-refractivity contribution in [1.29, 1.82) is 0 Å². The summed E-state index contributed by atoms with van der Waals surface area (Å²) in [5.74, 6) is 0.0499. The minimum Gasteiger partial charge on any atom is -0.449 e. The fourth-order valence-electron chi connectivity index (χ4n) is 3.21. The zero-order valence-electron chi connectivity index (χ0n) is 15.7. The monoisotopic (exact) mass is 356 g/mol. The molecule has 0 saturated heterocycles. The van der Waals surface area contributed by atoms with Crippen molar-refractivity contribution in [2.45, 2.75) is 25.3 Å². The summed E-state index contributed by atoms with van der Waals surface area (Å²) in [6, 6.07) is 16.4. The number of rotatable bonds is 8. The van der Waals surface area contributed by atoms with Gasteiger partial charge in [-0.1, -0.05) is 48.5 Å². The maximum atomic E-state index is 12.0. The Morgan fingerprint density at radius 2 is 1.85 bits per heavy atom. The van der Waals surface area contributed by atoms with Crippen LogP contribution in [0.25, 0.3) is 11.1 Å². The highest BCUT2D eigenvalue weighted by atomic mass is 16.5. The normalized spacial score (nSPS) is 14.3. The summed E-state index contributed by atoms with van der Waals surface area (Å²) < 4.78 is 17.9. The molecular weight excluding hydrogens is 330 g/mol. The molecule has 26 heavy (non-hydrogen) atoms. The molecule has 0 unspecified atom stereocenters. The van der Waals surface area contributed by atoms with Gasteiger partial charge >= 0.3 is 6.09 Å². The lowest BCUT2D eigenvalue weighted by molar-refractivity contribution is 0.0239. The zero-order valence-corrected chi connectivity index (χ0v) is 14.7. The SMILES string of the molecule is [2H]C[C@H](CO)OCCCNC(=O)OCC1c2ccccc2-c2ccccc21. The molecule has 1 atom stereocenters. The van der Waals surface area contributed by atoms with Gasteiger partial charge in [0.25, 0.3) is 0 Å². The number of carbonyl (C=O) groups excluding carboxylic acids is 1. The van der Waals surface area contributed by atoms with Crippen LogP contribution in [0.1, 0.15) is 31.7 Å². The third-order valence-corrected chi connectivity index (χ3v) is 4.49. The topological polar surface area (TPSA) is 67.8 Å². The first-order chi connectivity index (χ1) is 13.2. The van der Waals surface area contributed by atoms with Gasteiger partial charge in [-0.25, -0.2) is 4.79 Å². The molecule has 0 spiro atoms. The maximum absolute atomic E-state index is 12.0. The van der Waals surface area contributed by atoms with E-state index in [2.05, 4.69) is 29.6 Å². The predicted octanol–water partition coefficient (Wildman–Crippen LogP) is 3.31. The van der Waals surface area contributed by atoms with Crippen LogP contribution in [0.2, 0.25) is 0 Å². The van der Waals surface area contributed by atoms with Crippen molar-refractivity contribution in [2.75, 3.05) is 26.4 Å².